The molecule has 0 spiro atoms. The largest absolute Gasteiger partial charge is 0.368 e. The van der Waals surface area contributed by atoms with Gasteiger partial charge in [0.15, 0.2) is 6.29 Å². The van der Waals surface area contributed by atoms with Crippen LogP contribution in [-0.2, 0) is 4.74 Å². The minimum absolute atomic E-state index is 0.333. The van der Waals surface area contributed by atoms with Gasteiger partial charge in [-0.2, -0.15) is 0 Å². The monoisotopic (exact) mass is 133 g/mol. The Labute approximate surface area is 55.8 Å². The van der Waals surface area contributed by atoms with Crippen molar-refractivity contribution in [3.8, 4) is 0 Å². The Morgan fingerprint density at radius 1 is 1.67 bits per heavy atom. The molecule has 0 radical (unpaired) electrons. The molecule has 0 heterocycles. The van der Waals surface area contributed by atoms with E-state index in [2.05, 4.69) is 4.74 Å². The van der Waals surface area contributed by atoms with Gasteiger partial charge in [-0.1, -0.05) is 6.92 Å². The van der Waals surface area contributed by atoms with Crippen molar-refractivity contribution in [1.82, 2.24) is 0 Å². The standard InChI is InChI=1S/C6H15NO2/c1-5(4-7)3-6(8)9-2/h5-6,8H,3-4,7H2,1-2H3. The Morgan fingerprint density at radius 3 is 2.56 bits per heavy atom. The molecule has 3 nitrogen and oxygen atoms in total. The number of ether oxygens (including phenoxy) is 1. The normalized spacial score (nSPS) is 17.3. The molecule has 0 aromatic carbocycles. The van der Waals surface area contributed by atoms with Gasteiger partial charge < -0.3 is 15.6 Å². The zero-order chi connectivity index (χ0) is 7.28. The van der Waals surface area contributed by atoms with Gasteiger partial charge in [0.1, 0.15) is 0 Å². The van der Waals surface area contributed by atoms with Gasteiger partial charge in [-0.3, -0.25) is 0 Å². The Kier molecular flexibility index (Phi) is 4.67. The second kappa shape index (κ2) is 4.73. The Hall–Kier alpha value is -0.120. The molecular weight excluding hydrogens is 118 g/mol. The van der Waals surface area contributed by atoms with Gasteiger partial charge in [-0.15, -0.1) is 0 Å². The van der Waals surface area contributed by atoms with E-state index in [4.69, 9.17) is 10.8 Å². The summed E-state index contributed by atoms with van der Waals surface area (Å²) in [5.41, 5.74) is 5.31. The maximum atomic E-state index is 8.88. The minimum Gasteiger partial charge on any atom is -0.368 e. The van der Waals surface area contributed by atoms with Crippen LogP contribution in [0, 0.1) is 5.92 Å². The lowest BCUT2D eigenvalue weighted by molar-refractivity contribution is -0.0853. The summed E-state index contributed by atoms with van der Waals surface area (Å²) in [7, 11) is 1.48. The summed E-state index contributed by atoms with van der Waals surface area (Å²) in [6.45, 7) is 2.57. The van der Waals surface area contributed by atoms with Gasteiger partial charge in [0.25, 0.3) is 0 Å². The van der Waals surface area contributed by atoms with Crippen LogP contribution < -0.4 is 5.73 Å². The molecule has 3 heteroatoms. The first-order valence-corrected chi connectivity index (χ1v) is 3.11. The molecule has 0 fully saturated rings. The van der Waals surface area contributed by atoms with Crippen LogP contribution in [0.2, 0.25) is 0 Å². The van der Waals surface area contributed by atoms with Gasteiger partial charge in [-0.05, 0) is 12.5 Å². The molecule has 0 aromatic rings. The molecule has 0 saturated carbocycles. The number of hydrogen-bond acceptors (Lipinski definition) is 3. The molecule has 56 valence electrons. The van der Waals surface area contributed by atoms with Gasteiger partial charge >= 0.3 is 0 Å². The molecule has 0 rings (SSSR count). The van der Waals surface area contributed by atoms with E-state index in [1.54, 1.807) is 0 Å². The average molecular weight is 133 g/mol. The summed E-state index contributed by atoms with van der Waals surface area (Å²) < 4.78 is 4.62. The Morgan fingerprint density at radius 2 is 2.22 bits per heavy atom. The lowest BCUT2D eigenvalue weighted by Gasteiger charge is -2.12. The molecule has 0 saturated heterocycles. The highest BCUT2D eigenvalue weighted by atomic mass is 16.6. The van der Waals surface area contributed by atoms with Crippen LogP contribution in [0.15, 0.2) is 0 Å². The fraction of sp³-hybridized carbons (Fsp3) is 1.00. The first-order chi connectivity index (χ1) is 4.20. The fourth-order valence-corrected chi connectivity index (χ4v) is 0.537. The predicted molar refractivity (Wildman–Crippen MR) is 35.9 cm³/mol. The zero-order valence-electron chi connectivity index (χ0n) is 6.00. The van der Waals surface area contributed by atoms with E-state index in [0.29, 0.717) is 18.9 Å². The maximum Gasteiger partial charge on any atom is 0.154 e. The number of aliphatic hydroxyl groups excluding tert-OH is 1. The van der Waals surface area contributed by atoms with Crippen molar-refractivity contribution in [3.05, 3.63) is 0 Å². The number of methoxy groups -OCH3 is 1. The van der Waals surface area contributed by atoms with Gasteiger partial charge in [0.05, 0.1) is 0 Å². The third kappa shape index (κ3) is 4.39. The van der Waals surface area contributed by atoms with Crippen molar-refractivity contribution < 1.29 is 9.84 Å². The van der Waals surface area contributed by atoms with Crippen LogP contribution in [0.25, 0.3) is 0 Å². The van der Waals surface area contributed by atoms with Crippen molar-refractivity contribution in [2.45, 2.75) is 19.6 Å². The third-order valence-corrected chi connectivity index (χ3v) is 1.28. The number of hydrogen-bond donors (Lipinski definition) is 2. The molecule has 0 bridgehead atoms. The highest BCUT2D eigenvalue weighted by Gasteiger charge is 2.06. The van der Waals surface area contributed by atoms with Gasteiger partial charge in [0, 0.05) is 13.5 Å². The van der Waals surface area contributed by atoms with Crippen LogP contribution in [-0.4, -0.2) is 25.1 Å². The van der Waals surface area contributed by atoms with E-state index >= 15 is 0 Å². The maximum absolute atomic E-state index is 8.88. The van der Waals surface area contributed by atoms with Gasteiger partial charge in [-0.25, -0.2) is 0 Å². The summed E-state index contributed by atoms with van der Waals surface area (Å²) in [6.07, 6.45) is -0.0314. The second-order valence-corrected chi connectivity index (χ2v) is 2.27. The summed E-state index contributed by atoms with van der Waals surface area (Å²) in [6, 6.07) is 0. The van der Waals surface area contributed by atoms with E-state index in [1.807, 2.05) is 6.92 Å². The van der Waals surface area contributed by atoms with E-state index in [1.165, 1.54) is 7.11 Å². The van der Waals surface area contributed by atoms with E-state index in [-0.39, 0.29) is 0 Å². The quantitative estimate of drug-likeness (QED) is 0.528. The molecule has 0 aliphatic heterocycles. The smallest absolute Gasteiger partial charge is 0.154 e. The molecule has 0 amide bonds. The highest BCUT2D eigenvalue weighted by Crippen LogP contribution is 2.03. The number of aliphatic hydroxyl groups is 1. The van der Waals surface area contributed by atoms with E-state index in [9.17, 15) is 0 Å². The topological polar surface area (TPSA) is 55.5 Å². The second-order valence-electron chi connectivity index (χ2n) is 2.27. The summed E-state index contributed by atoms with van der Waals surface area (Å²) in [5, 5.41) is 8.88. The predicted octanol–water partition coefficient (Wildman–Crippen LogP) is -0.0639. The average Bonchev–Trinajstić information content (AvgIpc) is 1.87. The lowest BCUT2D eigenvalue weighted by atomic mass is 10.1. The molecule has 0 aromatic heterocycles. The van der Waals surface area contributed by atoms with E-state index < -0.39 is 6.29 Å². The lowest BCUT2D eigenvalue weighted by Crippen LogP contribution is -2.19. The minimum atomic E-state index is -0.649. The Bertz CT molecular complexity index is 60.1. The molecule has 3 N–H and O–H groups in total. The van der Waals surface area contributed by atoms with Crippen LogP contribution in [0.5, 0.6) is 0 Å². The molecule has 0 aliphatic rings. The van der Waals surface area contributed by atoms with Crippen molar-refractivity contribution in [1.29, 1.82) is 0 Å². The van der Waals surface area contributed by atoms with Gasteiger partial charge in [0.2, 0.25) is 0 Å². The first-order valence-electron chi connectivity index (χ1n) is 3.11. The highest BCUT2D eigenvalue weighted by molar-refractivity contribution is 4.53. The molecule has 2 unspecified atom stereocenters. The fourth-order valence-electron chi connectivity index (χ4n) is 0.537. The van der Waals surface area contributed by atoms with Crippen LogP contribution in [0.4, 0.5) is 0 Å². The number of rotatable bonds is 4. The summed E-state index contributed by atoms with van der Waals surface area (Å²) in [5.74, 6) is 0.333. The Balaban J connectivity index is 3.22. The van der Waals surface area contributed by atoms with Crippen LogP contribution in [0.1, 0.15) is 13.3 Å². The summed E-state index contributed by atoms with van der Waals surface area (Å²) >= 11 is 0. The SMILES string of the molecule is COC(O)CC(C)CN. The number of nitrogens with two attached hydrogens (primary N) is 1. The summed E-state index contributed by atoms with van der Waals surface area (Å²) in [4.78, 5) is 0. The van der Waals surface area contributed by atoms with E-state index in [0.717, 1.165) is 0 Å². The van der Waals surface area contributed by atoms with Crippen molar-refractivity contribution >= 4 is 0 Å². The van der Waals surface area contributed by atoms with Crippen LogP contribution >= 0.6 is 0 Å². The molecule has 0 aliphatic carbocycles. The zero-order valence-corrected chi connectivity index (χ0v) is 6.00. The third-order valence-electron chi connectivity index (χ3n) is 1.28. The molecule has 2 atom stereocenters. The van der Waals surface area contributed by atoms with Crippen molar-refractivity contribution in [2.75, 3.05) is 13.7 Å². The first kappa shape index (κ1) is 8.88. The van der Waals surface area contributed by atoms with Crippen LogP contribution in [0.3, 0.4) is 0 Å². The molecular formula is C6H15NO2. The van der Waals surface area contributed by atoms with Crippen molar-refractivity contribution in [2.24, 2.45) is 11.7 Å². The molecule has 9 heavy (non-hydrogen) atoms. The van der Waals surface area contributed by atoms with Crippen molar-refractivity contribution in [3.63, 3.8) is 0 Å².